The van der Waals surface area contributed by atoms with Crippen LogP contribution in [0.15, 0.2) is 36.4 Å². The Bertz CT molecular complexity index is 1680. The number of benzene rings is 2. The first-order valence-corrected chi connectivity index (χ1v) is 17.1. The van der Waals surface area contributed by atoms with E-state index in [2.05, 4.69) is 26.7 Å². The van der Waals surface area contributed by atoms with Crippen molar-refractivity contribution in [2.45, 2.75) is 57.0 Å². The van der Waals surface area contributed by atoms with Gasteiger partial charge in [-0.25, -0.2) is 9.52 Å². The molecule has 1 saturated carbocycles. The number of amides is 3. The lowest BCUT2D eigenvalue weighted by Crippen LogP contribution is -2.47. The van der Waals surface area contributed by atoms with E-state index >= 15 is 0 Å². The Labute approximate surface area is 266 Å². The van der Waals surface area contributed by atoms with Gasteiger partial charge in [0, 0.05) is 62.8 Å². The van der Waals surface area contributed by atoms with Crippen LogP contribution in [0.2, 0.25) is 0 Å². The molecule has 0 radical (unpaired) electrons. The van der Waals surface area contributed by atoms with E-state index in [1.54, 1.807) is 31.2 Å². The highest BCUT2D eigenvalue weighted by molar-refractivity contribution is 7.87. The monoisotopic (exact) mass is 638 g/mol. The molecule has 2 aromatic carbocycles. The minimum Gasteiger partial charge on any atom is -0.497 e. The second-order valence-corrected chi connectivity index (χ2v) is 14.6. The fraction of sp³-hybridized carbons (Fsp3) is 0.515. The first-order chi connectivity index (χ1) is 21.4. The summed E-state index contributed by atoms with van der Waals surface area (Å²) in [5.41, 5.74) is 5.65. The van der Waals surface area contributed by atoms with E-state index in [1.165, 1.54) is 26.1 Å². The second-order valence-electron chi connectivity index (χ2n) is 12.8. The topological polar surface area (TPSA) is 116 Å². The lowest BCUT2D eigenvalue weighted by atomic mass is 9.81. The molecule has 0 bridgehead atoms. The molecule has 1 atom stereocenters. The molecule has 2 heterocycles. The van der Waals surface area contributed by atoms with Crippen molar-refractivity contribution >= 4 is 33.1 Å². The van der Waals surface area contributed by atoms with Crippen molar-refractivity contribution in [2.75, 3.05) is 55.4 Å². The number of fused-ring (bicyclic) bond motifs is 5. The Hall–Kier alpha value is -3.61. The Morgan fingerprint density at radius 2 is 1.71 bits per heavy atom. The fourth-order valence-corrected chi connectivity index (χ4v) is 7.08. The number of methoxy groups -OCH3 is 1. The van der Waals surface area contributed by atoms with Crippen LogP contribution in [0.1, 0.15) is 59.5 Å². The quantitative estimate of drug-likeness (QED) is 0.366. The van der Waals surface area contributed by atoms with Crippen LogP contribution in [0.4, 0.5) is 4.79 Å². The molecule has 11 nitrogen and oxygen atoms in total. The maximum Gasteiger partial charge on any atom is 0.317 e. The number of aromatic nitrogens is 1. The van der Waals surface area contributed by atoms with E-state index in [4.69, 9.17) is 4.74 Å². The molecule has 244 valence electrons. The predicted octanol–water partition coefficient (Wildman–Crippen LogP) is 4.03. The van der Waals surface area contributed by atoms with E-state index in [1.807, 2.05) is 31.1 Å². The summed E-state index contributed by atoms with van der Waals surface area (Å²) in [6.07, 6.45) is 6.31. The average molecular weight is 639 g/mol. The number of hydrogen-bond donors (Lipinski definition) is 2. The highest BCUT2D eigenvalue weighted by Crippen LogP contribution is 2.46. The molecule has 0 spiro atoms. The summed E-state index contributed by atoms with van der Waals surface area (Å²) in [6.45, 7) is 1.83. The van der Waals surface area contributed by atoms with E-state index in [0.29, 0.717) is 25.4 Å². The van der Waals surface area contributed by atoms with E-state index in [-0.39, 0.29) is 17.6 Å². The summed E-state index contributed by atoms with van der Waals surface area (Å²) >= 11 is 0. The SMILES string of the molecule is COc1ccc2c(c1)CC(NC(=O)N(C)CCN(C)C)Cn1c-2c(C2CCCCC2)c2ccc(C(=O)NS(=O)(=O)N(C)C)cc21. The van der Waals surface area contributed by atoms with Crippen molar-refractivity contribution in [1.29, 1.82) is 0 Å². The highest BCUT2D eigenvalue weighted by Gasteiger charge is 2.32. The summed E-state index contributed by atoms with van der Waals surface area (Å²) in [7, 11) is 6.21. The lowest BCUT2D eigenvalue weighted by molar-refractivity contribution is 0.0979. The molecule has 3 amide bonds. The van der Waals surface area contributed by atoms with Gasteiger partial charge in [0.15, 0.2) is 0 Å². The zero-order chi connectivity index (χ0) is 32.5. The lowest BCUT2D eigenvalue weighted by Gasteiger charge is -2.25. The molecular weight excluding hydrogens is 592 g/mol. The predicted molar refractivity (Wildman–Crippen MR) is 177 cm³/mol. The van der Waals surface area contributed by atoms with Gasteiger partial charge in [0.25, 0.3) is 5.91 Å². The standard InChI is InChI=1S/C33H46N6O5S/c1-36(2)16-17-38(5)33(41)34-25-18-24-19-26(44-6)13-15-27(24)31-30(22-10-8-7-9-11-22)28-14-12-23(20-29(28)39(31)21-25)32(40)35-45(42,43)37(3)4/h12-15,19-20,22,25H,7-11,16-18,21H2,1-6H3,(H,34,41)(H,35,40). The van der Waals surface area contributed by atoms with Gasteiger partial charge in [-0.15, -0.1) is 0 Å². The molecule has 1 fully saturated rings. The second kappa shape index (κ2) is 13.4. The van der Waals surface area contributed by atoms with Crippen LogP contribution >= 0.6 is 0 Å². The number of nitrogens with one attached hydrogen (secondary N) is 2. The number of urea groups is 1. The third-order valence-corrected chi connectivity index (χ3v) is 10.5. The van der Waals surface area contributed by atoms with Gasteiger partial charge in [0.2, 0.25) is 0 Å². The third-order valence-electron chi connectivity index (χ3n) is 9.08. The molecule has 1 aliphatic heterocycles. The third kappa shape index (κ3) is 6.97. The van der Waals surface area contributed by atoms with Crippen molar-refractivity contribution < 1.29 is 22.7 Å². The van der Waals surface area contributed by atoms with Gasteiger partial charge < -0.3 is 24.4 Å². The maximum atomic E-state index is 13.4. The zero-order valence-electron chi connectivity index (χ0n) is 27.2. The summed E-state index contributed by atoms with van der Waals surface area (Å²) in [4.78, 5) is 30.3. The van der Waals surface area contributed by atoms with E-state index in [0.717, 1.165) is 70.0 Å². The Balaban J connectivity index is 1.65. The number of carbonyl (C=O) groups excluding carboxylic acids is 2. The van der Waals surface area contributed by atoms with Crippen LogP contribution in [-0.2, 0) is 23.2 Å². The van der Waals surface area contributed by atoms with Crippen LogP contribution in [0.3, 0.4) is 0 Å². The van der Waals surface area contributed by atoms with Crippen LogP contribution in [0, 0.1) is 0 Å². The van der Waals surface area contributed by atoms with Gasteiger partial charge in [-0.1, -0.05) is 25.3 Å². The number of nitrogens with zero attached hydrogens (tertiary/aromatic N) is 4. The maximum absolute atomic E-state index is 13.4. The van der Waals surface area contributed by atoms with Gasteiger partial charge in [0.1, 0.15) is 5.75 Å². The van der Waals surface area contributed by atoms with Gasteiger partial charge in [0.05, 0.1) is 18.8 Å². The fourth-order valence-electron chi connectivity index (χ4n) is 6.55. The Kier molecular flexibility index (Phi) is 9.76. The van der Waals surface area contributed by atoms with Crippen LogP contribution < -0.4 is 14.8 Å². The van der Waals surface area contributed by atoms with Crippen molar-refractivity contribution in [3.05, 3.63) is 53.1 Å². The van der Waals surface area contributed by atoms with Crippen molar-refractivity contribution in [3.63, 3.8) is 0 Å². The van der Waals surface area contributed by atoms with Crippen LogP contribution in [0.25, 0.3) is 22.2 Å². The molecule has 1 unspecified atom stereocenters. The smallest absolute Gasteiger partial charge is 0.317 e. The zero-order valence-corrected chi connectivity index (χ0v) is 28.0. The number of likely N-dealkylation sites (N-methyl/N-ethyl adjacent to an activating group) is 2. The molecule has 45 heavy (non-hydrogen) atoms. The van der Waals surface area contributed by atoms with Crippen molar-refractivity contribution in [2.24, 2.45) is 0 Å². The van der Waals surface area contributed by atoms with Gasteiger partial charge in [-0.05, 0) is 80.7 Å². The molecule has 0 saturated heterocycles. The number of carbonyl (C=O) groups is 2. The molecule has 2 aliphatic rings. The Morgan fingerprint density at radius 3 is 2.38 bits per heavy atom. The van der Waals surface area contributed by atoms with E-state index in [9.17, 15) is 18.0 Å². The molecular formula is C33H46N6O5S. The first-order valence-electron chi connectivity index (χ1n) is 15.6. The van der Waals surface area contributed by atoms with Gasteiger partial charge in [-0.2, -0.15) is 12.7 Å². The minimum absolute atomic E-state index is 0.146. The molecule has 3 aromatic rings. The normalized spacial score (nSPS) is 17.1. The van der Waals surface area contributed by atoms with Crippen LogP contribution in [-0.4, -0.2) is 101 Å². The minimum atomic E-state index is -3.96. The highest BCUT2D eigenvalue weighted by atomic mass is 32.2. The summed E-state index contributed by atoms with van der Waals surface area (Å²) in [6, 6.07) is 11.2. The average Bonchev–Trinajstić information content (AvgIpc) is 3.23. The van der Waals surface area contributed by atoms with Gasteiger partial charge >= 0.3 is 16.2 Å². The van der Waals surface area contributed by atoms with Gasteiger partial charge in [-0.3, -0.25) is 4.79 Å². The molecule has 12 heteroatoms. The largest absolute Gasteiger partial charge is 0.497 e. The summed E-state index contributed by atoms with van der Waals surface area (Å²) < 4.78 is 35.9. The molecule has 1 aromatic heterocycles. The molecule has 5 rings (SSSR count). The summed E-state index contributed by atoms with van der Waals surface area (Å²) in [5.74, 6) is 0.419. The summed E-state index contributed by atoms with van der Waals surface area (Å²) in [5, 5.41) is 4.34. The number of hydrogen-bond acceptors (Lipinski definition) is 6. The van der Waals surface area contributed by atoms with E-state index < -0.39 is 16.1 Å². The van der Waals surface area contributed by atoms with Crippen molar-refractivity contribution in [3.8, 4) is 17.0 Å². The first kappa shape index (κ1) is 32.8. The van der Waals surface area contributed by atoms with Crippen LogP contribution in [0.5, 0.6) is 5.75 Å². The van der Waals surface area contributed by atoms with Crippen molar-refractivity contribution in [1.82, 2.24) is 28.7 Å². The number of ether oxygens (including phenoxy) is 1. The molecule has 1 aliphatic carbocycles. The number of rotatable bonds is 9. The Morgan fingerprint density at radius 1 is 0.978 bits per heavy atom. The molecule has 2 N–H and O–H groups in total.